The Labute approximate surface area is 295 Å². The molecule has 0 aromatic heterocycles. The normalized spacial score (nSPS) is 12.4. The van der Waals surface area contributed by atoms with Gasteiger partial charge in [-0.1, -0.05) is 168 Å². The molecule has 1 atom stereocenters. The summed E-state index contributed by atoms with van der Waals surface area (Å²) in [5.74, 6) is 0.138. The first-order valence-electron chi connectivity index (χ1n) is 21.1. The first-order chi connectivity index (χ1) is 22.7. The van der Waals surface area contributed by atoms with Crippen LogP contribution >= 0.6 is 0 Å². The summed E-state index contributed by atoms with van der Waals surface area (Å²) in [7, 11) is 6.63. The van der Waals surface area contributed by atoms with Crippen molar-refractivity contribution >= 4 is 11.8 Å². The number of rotatable bonds is 36. The number of nitrogens with zero attached hydrogens (tertiary/aromatic N) is 2. The van der Waals surface area contributed by atoms with Gasteiger partial charge in [-0.25, -0.2) is 0 Å². The first-order valence-corrected chi connectivity index (χ1v) is 21.1. The van der Waals surface area contributed by atoms with E-state index in [-0.39, 0.29) is 11.8 Å². The van der Waals surface area contributed by atoms with Crippen molar-refractivity contribution in [3.8, 4) is 0 Å². The van der Waals surface area contributed by atoms with Crippen LogP contribution in [0.15, 0.2) is 0 Å². The number of carbonyl (C=O) groups is 2. The van der Waals surface area contributed by atoms with Crippen LogP contribution in [-0.2, 0) is 9.59 Å². The van der Waals surface area contributed by atoms with E-state index < -0.39 is 6.04 Å². The van der Waals surface area contributed by atoms with Crippen molar-refractivity contribution in [3.63, 3.8) is 0 Å². The highest BCUT2D eigenvalue weighted by Crippen LogP contribution is 2.15. The van der Waals surface area contributed by atoms with E-state index in [9.17, 15) is 9.59 Å². The Kier molecular flexibility index (Phi) is 32.6. The summed E-state index contributed by atoms with van der Waals surface area (Å²) in [5, 5.41) is 3.03. The maximum Gasteiger partial charge on any atom is 0.244 e. The van der Waals surface area contributed by atoms with Gasteiger partial charge in [0.05, 0.1) is 27.7 Å². The molecule has 280 valence electrons. The highest BCUT2D eigenvalue weighted by molar-refractivity contribution is 5.87. The highest BCUT2D eigenvalue weighted by atomic mass is 16.2. The van der Waals surface area contributed by atoms with Gasteiger partial charge in [0.25, 0.3) is 0 Å². The number of hydrogen-bond donors (Lipinski definition) is 1. The molecule has 0 aliphatic carbocycles. The molecule has 0 saturated heterocycles. The van der Waals surface area contributed by atoms with E-state index in [1.807, 2.05) is 6.92 Å². The Bertz CT molecular complexity index is 660. The molecule has 0 bridgehead atoms. The molecule has 47 heavy (non-hydrogen) atoms. The lowest BCUT2D eigenvalue weighted by molar-refractivity contribution is -0.870. The largest absolute Gasteiger partial charge is 0.345 e. The second-order valence-corrected chi connectivity index (χ2v) is 15.9. The van der Waals surface area contributed by atoms with E-state index >= 15 is 0 Å². The van der Waals surface area contributed by atoms with Gasteiger partial charge in [0.1, 0.15) is 6.04 Å². The summed E-state index contributed by atoms with van der Waals surface area (Å²) in [4.78, 5) is 28.2. The molecule has 2 amide bonds. The molecule has 0 saturated carbocycles. The molecule has 0 aromatic carbocycles. The lowest BCUT2D eigenvalue weighted by Crippen LogP contribution is -2.47. The standard InChI is InChI=1S/C42H85N3O2/c1-7-9-11-13-15-17-19-21-23-25-27-29-33-37-44(38-34-30-28-26-24-22-20-18-16-14-12-10-8-2)42(47)40(3)43-41(46)36-32-31-35-39-45(4,5)6/h40H,7-39H2,1-6H3/p+1. The molecule has 1 N–H and O–H groups in total. The van der Waals surface area contributed by atoms with Gasteiger partial charge in [-0.3, -0.25) is 9.59 Å². The fourth-order valence-electron chi connectivity index (χ4n) is 6.67. The summed E-state index contributed by atoms with van der Waals surface area (Å²) in [6, 6.07) is -0.433. The van der Waals surface area contributed by atoms with Crippen LogP contribution < -0.4 is 5.32 Å². The van der Waals surface area contributed by atoms with E-state index in [2.05, 4.69) is 45.2 Å². The number of hydrogen-bond acceptors (Lipinski definition) is 2. The van der Waals surface area contributed by atoms with E-state index in [0.717, 1.165) is 56.2 Å². The molecule has 0 aliphatic rings. The van der Waals surface area contributed by atoms with Crippen molar-refractivity contribution in [2.24, 2.45) is 0 Å². The first kappa shape index (κ1) is 45.9. The smallest absolute Gasteiger partial charge is 0.244 e. The van der Waals surface area contributed by atoms with Crippen molar-refractivity contribution in [2.45, 2.75) is 219 Å². The zero-order valence-corrected chi connectivity index (χ0v) is 33.1. The van der Waals surface area contributed by atoms with Gasteiger partial charge in [-0.15, -0.1) is 0 Å². The molecule has 0 aromatic rings. The minimum atomic E-state index is -0.433. The highest BCUT2D eigenvalue weighted by Gasteiger charge is 2.21. The Hall–Kier alpha value is -1.10. The Balaban J connectivity index is 4.37. The summed E-state index contributed by atoms with van der Waals surface area (Å²) in [6.45, 7) is 9.25. The second-order valence-electron chi connectivity index (χ2n) is 15.9. The monoisotopic (exact) mass is 665 g/mol. The summed E-state index contributed by atoms with van der Waals surface area (Å²) in [6.07, 6.45) is 38.4. The molecule has 0 heterocycles. The number of quaternary nitrogens is 1. The minimum Gasteiger partial charge on any atom is -0.345 e. The third-order valence-electron chi connectivity index (χ3n) is 9.86. The molecule has 0 spiro atoms. The minimum absolute atomic E-state index is 0.0259. The van der Waals surface area contributed by atoms with Crippen LogP contribution in [-0.4, -0.2) is 68.0 Å². The molecule has 0 radical (unpaired) electrons. The Morgan fingerprint density at radius 3 is 1.15 bits per heavy atom. The van der Waals surface area contributed by atoms with Gasteiger partial charge in [-0.2, -0.15) is 0 Å². The predicted molar refractivity (Wildman–Crippen MR) is 207 cm³/mol. The third kappa shape index (κ3) is 33.2. The van der Waals surface area contributed by atoms with Crippen LogP contribution in [0.4, 0.5) is 0 Å². The fraction of sp³-hybridized carbons (Fsp3) is 0.952. The Morgan fingerprint density at radius 1 is 0.489 bits per heavy atom. The van der Waals surface area contributed by atoms with Gasteiger partial charge in [-0.05, 0) is 39.0 Å². The van der Waals surface area contributed by atoms with E-state index in [1.54, 1.807) is 0 Å². The maximum atomic E-state index is 13.5. The van der Waals surface area contributed by atoms with Gasteiger partial charge < -0.3 is 14.7 Å². The van der Waals surface area contributed by atoms with Gasteiger partial charge in [0, 0.05) is 19.5 Å². The lowest BCUT2D eigenvalue weighted by Gasteiger charge is -2.26. The number of carbonyl (C=O) groups excluding carboxylic acids is 2. The molecule has 1 unspecified atom stereocenters. The molecule has 5 nitrogen and oxygen atoms in total. The van der Waals surface area contributed by atoms with Gasteiger partial charge >= 0.3 is 0 Å². The molecule has 0 rings (SSSR count). The SMILES string of the molecule is CCCCCCCCCCCCCCCN(CCCCCCCCCCCCCCC)C(=O)C(C)NC(=O)CCCCC[N+](C)(C)C. The lowest BCUT2D eigenvalue weighted by atomic mass is 10.0. The molecular weight excluding hydrogens is 578 g/mol. The van der Waals surface area contributed by atoms with Crippen LogP contribution in [0.25, 0.3) is 0 Å². The predicted octanol–water partition coefficient (Wildman–Crippen LogP) is 11.8. The molecule has 5 heteroatoms. The Morgan fingerprint density at radius 2 is 0.809 bits per heavy atom. The average molecular weight is 665 g/mol. The number of amides is 2. The quantitative estimate of drug-likeness (QED) is 0.0535. The van der Waals surface area contributed by atoms with Crippen molar-refractivity contribution < 1.29 is 14.1 Å². The van der Waals surface area contributed by atoms with Crippen molar-refractivity contribution in [1.29, 1.82) is 0 Å². The molecule has 0 aliphatic heterocycles. The van der Waals surface area contributed by atoms with Gasteiger partial charge in [0.2, 0.25) is 11.8 Å². The van der Waals surface area contributed by atoms with Crippen molar-refractivity contribution in [3.05, 3.63) is 0 Å². The van der Waals surface area contributed by atoms with Crippen LogP contribution in [0.1, 0.15) is 213 Å². The van der Waals surface area contributed by atoms with Crippen molar-refractivity contribution in [1.82, 2.24) is 10.2 Å². The van der Waals surface area contributed by atoms with Crippen LogP contribution in [0.5, 0.6) is 0 Å². The fourth-order valence-corrected chi connectivity index (χ4v) is 6.67. The molecular formula is C42H86N3O2+. The van der Waals surface area contributed by atoms with Crippen LogP contribution in [0.3, 0.4) is 0 Å². The van der Waals surface area contributed by atoms with Gasteiger partial charge in [0.15, 0.2) is 0 Å². The van der Waals surface area contributed by atoms with E-state index in [1.165, 1.54) is 154 Å². The second kappa shape index (κ2) is 33.4. The van der Waals surface area contributed by atoms with Crippen LogP contribution in [0, 0.1) is 0 Å². The van der Waals surface area contributed by atoms with Crippen molar-refractivity contribution in [2.75, 3.05) is 40.8 Å². The maximum absolute atomic E-state index is 13.5. The molecule has 0 fully saturated rings. The van der Waals surface area contributed by atoms with Crippen LogP contribution in [0.2, 0.25) is 0 Å². The van der Waals surface area contributed by atoms with E-state index in [0.29, 0.717) is 6.42 Å². The number of nitrogens with one attached hydrogen (secondary N) is 1. The summed E-state index contributed by atoms with van der Waals surface area (Å²) < 4.78 is 0.964. The topological polar surface area (TPSA) is 49.4 Å². The zero-order valence-electron chi connectivity index (χ0n) is 33.1. The zero-order chi connectivity index (χ0) is 34.9. The average Bonchev–Trinajstić information content (AvgIpc) is 3.03. The summed E-state index contributed by atoms with van der Waals surface area (Å²) >= 11 is 0. The summed E-state index contributed by atoms with van der Waals surface area (Å²) in [5.41, 5.74) is 0. The number of unbranched alkanes of at least 4 members (excludes halogenated alkanes) is 26. The third-order valence-corrected chi connectivity index (χ3v) is 9.86. The van der Waals surface area contributed by atoms with E-state index in [4.69, 9.17) is 0 Å².